The van der Waals surface area contributed by atoms with E-state index in [4.69, 9.17) is 23.2 Å². The SMILES string of the molecule is C=CC#C/C(C)=C\C(Cl)Cl. The normalized spacial score (nSPS) is 10.6. The molecule has 0 spiro atoms. The minimum Gasteiger partial charge on any atom is -0.101 e. The van der Waals surface area contributed by atoms with Gasteiger partial charge in [-0.2, -0.15) is 0 Å². The average Bonchev–Trinajstić information content (AvgIpc) is 1.82. The quantitative estimate of drug-likeness (QED) is 0.424. The predicted molar refractivity (Wildman–Crippen MR) is 47.2 cm³/mol. The Morgan fingerprint density at radius 1 is 1.60 bits per heavy atom. The summed E-state index contributed by atoms with van der Waals surface area (Å²) in [4.78, 5) is -0.473. The third kappa shape index (κ3) is 5.75. The van der Waals surface area contributed by atoms with E-state index in [0.29, 0.717) is 0 Å². The Kier molecular flexibility index (Phi) is 5.20. The van der Waals surface area contributed by atoms with Gasteiger partial charge in [-0.25, -0.2) is 0 Å². The summed E-state index contributed by atoms with van der Waals surface area (Å²) in [5.74, 6) is 5.47. The smallest absolute Gasteiger partial charge is 0.101 e. The summed E-state index contributed by atoms with van der Waals surface area (Å²) in [7, 11) is 0. The summed E-state index contributed by atoms with van der Waals surface area (Å²) in [5.41, 5.74) is 0.856. The average molecular weight is 175 g/mol. The molecule has 0 rings (SSSR count). The van der Waals surface area contributed by atoms with E-state index in [9.17, 15) is 0 Å². The van der Waals surface area contributed by atoms with E-state index in [2.05, 4.69) is 18.4 Å². The van der Waals surface area contributed by atoms with Crippen LogP contribution < -0.4 is 0 Å². The van der Waals surface area contributed by atoms with Crippen molar-refractivity contribution in [2.24, 2.45) is 0 Å². The van der Waals surface area contributed by atoms with Gasteiger partial charge in [-0.1, -0.05) is 18.4 Å². The van der Waals surface area contributed by atoms with Crippen molar-refractivity contribution >= 4 is 23.2 Å². The van der Waals surface area contributed by atoms with Crippen molar-refractivity contribution in [2.75, 3.05) is 0 Å². The highest BCUT2D eigenvalue weighted by atomic mass is 35.5. The number of allylic oxidation sites excluding steroid dienone is 3. The maximum Gasteiger partial charge on any atom is 0.127 e. The van der Waals surface area contributed by atoms with Gasteiger partial charge in [0, 0.05) is 0 Å². The maximum absolute atomic E-state index is 5.45. The van der Waals surface area contributed by atoms with Crippen LogP contribution in [-0.2, 0) is 0 Å². The second-order valence-electron chi connectivity index (χ2n) is 1.66. The number of rotatable bonds is 1. The first kappa shape index (κ1) is 9.62. The molecule has 0 aliphatic carbocycles. The fourth-order valence-corrected chi connectivity index (χ4v) is 0.773. The van der Waals surface area contributed by atoms with Crippen molar-refractivity contribution in [3.63, 3.8) is 0 Å². The summed E-state index contributed by atoms with van der Waals surface area (Å²) in [5, 5.41) is 0. The third-order valence-corrected chi connectivity index (χ3v) is 0.999. The lowest BCUT2D eigenvalue weighted by atomic mass is 10.3. The Morgan fingerprint density at radius 2 is 2.20 bits per heavy atom. The zero-order chi connectivity index (χ0) is 7.98. The summed E-state index contributed by atoms with van der Waals surface area (Å²) < 4.78 is 0. The van der Waals surface area contributed by atoms with E-state index in [1.54, 1.807) is 6.08 Å². The molecule has 0 saturated heterocycles. The molecule has 0 bridgehead atoms. The van der Waals surface area contributed by atoms with E-state index >= 15 is 0 Å². The van der Waals surface area contributed by atoms with E-state index in [0.717, 1.165) is 5.57 Å². The third-order valence-electron chi connectivity index (χ3n) is 0.747. The van der Waals surface area contributed by atoms with Gasteiger partial charge in [0.2, 0.25) is 0 Å². The molecule has 0 amide bonds. The molecule has 0 aromatic rings. The van der Waals surface area contributed by atoms with Crippen LogP contribution in [0.4, 0.5) is 0 Å². The van der Waals surface area contributed by atoms with Crippen LogP contribution in [0, 0.1) is 11.8 Å². The molecule has 0 fully saturated rings. The highest BCUT2D eigenvalue weighted by molar-refractivity contribution is 6.45. The van der Waals surface area contributed by atoms with E-state index in [1.807, 2.05) is 6.92 Å². The molecule has 10 heavy (non-hydrogen) atoms. The second kappa shape index (κ2) is 5.41. The minimum absolute atomic E-state index is 0.473. The molecule has 0 radical (unpaired) electrons. The molecule has 0 aliphatic rings. The van der Waals surface area contributed by atoms with Gasteiger partial charge in [-0.05, 0) is 24.6 Å². The molecule has 0 atom stereocenters. The largest absolute Gasteiger partial charge is 0.127 e. The molecule has 0 aromatic carbocycles. The van der Waals surface area contributed by atoms with Crippen LogP contribution in [0.25, 0.3) is 0 Å². The lowest BCUT2D eigenvalue weighted by Gasteiger charge is -1.88. The van der Waals surface area contributed by atoms with Crippen molar-refractivity contribution in [3.05, 3.63) is 24.3 Å². The standard InChI is InChI=1S/C8H8Cl2/c1-3-4-5-7(2)6-8(9)10/h3,6,8H,1H2,2H3/b7-6-. The molecular weight excluding hydrogens is 167 g/mol. The molecule has 54 valence electrons. The number of alkyl halides is 2. The van der Waals surface area contributed by atoms with Crippen molar-refractivity contribution in [2.45, 2.75) is 11.8 Å². The predicted octanol–water partition coefficient (Wildman–Crippen LogP) is 2.93. The van der Waals surface area contributed by atoms with E-state index < -0.39 is 4.84 Å². The highest BCUT2D eigenvalue weighted by Gasteiger charge is 1.90. The van der Waals surface area contributed by atoms with Crippen molar-refractivity contribution in [3.8, 4) is 11.8 Å². The molecule has 0 aromatic heterocycles. The topological polar surface area (TPSA) is 0 Å². The summed E-state index contributed by atoms with van der Waals surface area (Å²) in [6, 6.07) is 0. The molecule has 0 aliphatic heterocycles. The Labute approximate surface area is 71.5 Å². The lowest BCUT2D eigenvalue weighted by molar-refractivity contribution is 1.47. The Bertz CT molecular complexity index is 191. The van der Waals surface area contributed by atoms with Crippen molar-refractivity contribution in [1.82, 2.24) is 0 Å². The van der Waals surface area contributed by atoms with Crippen LogP contribution in [0.5, 0.6) is 0 Å². The van der Waals surface area contributed by atoms with Crippen LogP contribution in [0.15, 0.2) is 24.3 Å². The monoisotopic (exact) mass is 174 g/mol. The van der Waals surface area contributed by atoms with E-state index in [-0.39, 0.29) is 0 Å². The minimum atomic E-state index is -0.473. The Hall–Kier alpha value is -0.380. The van der Waals surface area contributed by atoms with Crippen molar-refractivity contribution in [1.29, 1.82) is 0 Å². The van der Waals surface area contributed by atoms with Crippen LogP contribution in [0.3, 0.4) is 0 Å². The number of hydrogen-bond donors (Lipinski definition) is 0. The van der Waals surface area contributed by atoms with Crippen LogP contribution >= 0.6 is 23.2 Å². The Balaban J connectivity index is 4.06. The van der Waals surface area contributed by atoms with Gasteiger partial charge >= 0.3 is 0 Å². The van der Waals surface area contributed by atoms with Crippen LogP contribution in [0.1, 0.15) is 6.92 Å². The molecule has 0 unspecified atom stereocenters. The fourth-order valence-electron chi connectivity index (χ4n) is 0.396. The lowest BCUT2D eigenvalue weighted by Crippen LogP contribution is -1.79. The summed E-state index contributed by atoms with van der Waals surface area (Å²) in [6.45, 7) is 5.29. The number of hydrogen-bond acceptors (Lipinski definition) is 0. The van der Waals surface area contributed by atoms with Crippen molar-refractivity contribution < 1.29 is 0 Å². The van der Waals surface area contributed by atoms with Gasteiger partial charge in [0.15, 0.2) is 0 Å². The van der Waals surface area contributed by atoms with Crippen LogP contribution in [-0.4, -0.2) is 4.84 Å². The first-order valence-electron chi connectivity index (χ1n) is 2.76. The molecule has 0 nitrogen and oxygen atoms in total. The van der Waals surface area contributed by atoms with Gasteiger partial charge in [0.1, 0.15) is 4.84 Å². The molecule has 0 N–H and O–H groups in total. The first-order chi connectivity index (χ1) is 4.66. The molecule has 0 heterocycles. The summed E-state index contributed by atoms with van der Waals surface area (Å²) >= 11 is 10.9. The molecular formula is C8H8Cl2. The Morgan fingerprint density at radius 3 is 2.60 bits per heavy atom. The maximum atomic E-state index is 5.45. The van der Waals surface area contributed by atoms with E-state index in [1.165, 1.54) is 6.08 Å². The van der Waals surface area contributed by atoms with Gasteiger partial charge < -0.3 is 0 Å². The molecule has 0 saturated carbocycles. The van der Waals surface area contributed by atoms with Crippen LogP contribution in [0.2, 0.25) is 0 Å². The molecule has 2 heteroatoms. The van der Waals surface area contributed by atoms with Gasteiger partial charge in [-0.15, -0.1) is 23.2 Å². The zero-order valence-electron chi connectivity index (χ0n) is 5.70. The number of halogens is 2. The zero-order valence-corrected chi connectivity index (χ0v) is 7.21. The van der Waals surface area contributed by atoms with Gasteiger partial charge in [0.05, 0.1) is 0 Å². The highest BCUT2D eigenvalue weighted by Crippen LogP contribution is 2.05. The van der Waals surface area contributed by atoms with Gasteiger partial charge in [0.25, 0.3) is 0 Å². The fraction of sp³-hybridized carbons (Fsp3) is 0.250. The second-order valence-corrected chi connectivity index (χ2v) is 2.82. The van der Waals surface area contributed by atoms with Gasteiger partial charge in [-0.3, -0.25) is 0 Å². The summed E-state index contributed by atoms with van der Waals surface area (Å²) in [6.07, 6.45) is 3.19. The first-order valence-corrected chi connectivity index (χ1v) is 3.63.